The maximum absolute atomic E-state index is 9.38. The number of hydrogen-bond acceptors (Lipinski definition) is 3. The molecule has 0 saturated heterocycles. The first kappa shape index (κ1) is 10.4. The smallest absolute Gasteiger partial charge is 0.229 e. The van der Waals surface area contributed by atoms with E-state index in [1.807, 2.05) is 0 Å². The Bertz CT molecular complexity index is 328. The molecule has 1 unspecified atom stereocenters. The zero-order valence-corrected chi connectivity index (χ0v) is 10.3. The third kappa shape index (κ3) is 1.70. The van der Waals surface area contributed by atoms with Crippen molar-refractivity contribution >= 4 is 5.71 Å². The standard InChI is InChI=1S/C14H21NO2/c16-13-4-12(15-17-13)8-14-5-9-1-10(6-14)3-11(2-9)7-14/h9-11,13,16H,1-8H2. The van der Waals surface area contributed by atoms with Gasteiger partial charge < -0.3 is 9.94 Å². The molecule has 4 fully saturated rings. The molecule has 5 rings (SSSR count). The topological polar surface area (TPSA) is 41.8 Å². The molecule has 3 heteroatoms. The van der Waals surface area contributed by atoms with Crippen LogP contribution in [0.3, 0.4) is 0 Å². The zero-order chi connectivity index (χ0) is 11.5. The maximum Gasteiger partial charge on any atom is 0.229 e. The Balaban J connectivity index is 1.53. The monoisotopic (exact) mass is 235 g/mol. The van der Waals surface area contributed by atoms with Crippen LogP contribution < -0.4 is 0 Å². The highest BCUT2D eigenvalue weighted by Crippen LogP contribution is 2.61. The van der Waals surface area contributed by atoms with Crippen molar-refractivity contribution in [3.63, 3.8) is 0 Å². The van der Waals surface area contributed by atoms with Crippen molar-refractivity contribution in [2.45, 2.75) is 57.7 Å². The van der Waals surface area contributed by atoms with Gasteiger partial charge in [-0.25, -0.2) is 0 Å². The van der Waals surface area contributed by atoms with E-state index < -0.39 is 6.29 Å². The first-order valence-electron chi connectivity index (χ1n) is 7.10. The van der Waals surface area contributed by atoms with Crippen LogP contribution in [-0.4, -0.2) is 17.1 Å². The van der Waals surface area contributed by atoms with E-state index in [2.05, 4.69) is 5.16 Å². The van der Waals surface area contributed by atoms with Crippen LogP contribution in [0.15, 0.2) is 5.16 Å². The molecule has 0 aromatic rings. The van der Waals surface area contributed by atoms with Crippen LogP contribution in [0.5, 0.6) is 0 Å². The van der Waals surface area contributed by atoms with E-state index in [-0.39, 0.29) is 0 Å². The maximum atomic E-state index is 9.38. The van der Waals surface area contributed by atoms with Crippen molar-refractivity contribution < 1.29 is 9.94 Å². The van der Waals surface area contributed by atoms with E-state index in [0.717, 1.165) is 29.9 Å². The van der Waals surface area contributed by atoms with Gasteiger partial charge in [-0.05, 0) is 68.1 Å². The third-order valence-electron chi connectivity index (χ3n) is 5.46. The van der Waals surface area contributed by atoms with Crippen molar-refractivity contribution in [3.05, 3.63) is 0 Å². The summed E-state index contributed by atoms with van der Waals surface area (Å²) in [6.45, 7) is 0. The van der Waals surface area contributed by atoms with Crippen molar-refractivity contribution in [2.24, 2.45) is 28.3 Å². The summed E-state index contributed by atoms with van der Waals surface area (Å²) >= 11 is 0. The van der Waals surface area contributed by atoms with E-state index in [0.29, 0.717) is 11.8 Å². The lowest BCUT2D eigenvalue weighted by Crippen LogP contribution is -2.46. The molecule has 1 atom stereocenters. The summed E-state index contributed by atoms with van der Waals surface area (Å²) in [5, 5.41) is 13.4. The molecule has 94 valence electrons. The summed E-state index contributed by atoms with van der Waals surface area (Å²) in [6.07, 6.45) is 9.77. The average Bonchev–Trinajstić information content (AvgIpc) is 2.60. The largest absolute Gasteiger partial charge is 0.364 e. The highest BCUT2D eigenvalue weighted by Gasteiger charge is 2.51. The molecule has 1 heterocycles. The third-order valence-corrected chi connectivity index (χ3v) is 5.46. The number of aliphatic hydroxyl groups excluding tert-OH is 1. The van der Waals surface area contributed by atoms with E-state index >= 15 is 0 Å². The van der Waals surface area contributed by atoms with Crippen LogP contribution in [-0.2, 0) is 4.84 Å². The Hall–Kier alpha value is -0.570. The minimum absolute atomic E-state index is 0.529. The summed E-state index contributed by atoms with van der Waals surface area (Å²) in [5.74, 6) is 2.98. The fourth-order valence-corrected chi connectivity index (χ4v) is 5.46. The first-order chi connectivity index (χ1) is 8.21. The SMILES string of the molecule is OC1CC(CC23CC4CC(CC(C4)C2)C3)=NO1. The number of aliphatic hydroxyl groups is 1. The second-order valence-electron chi connectivity index (χ2n) is 7.02. The molecule has 4 bridgehead atoms. The Morgan fingerprint density at radius 3 is 2.18 bits per heavy atom. The van der Waals surface area contributed by atoms with E-state index in [9.17, 15) is 5.11 Å². The first-order valence-corrected chi connectivity index (χ1v) is 7.10. The van der Waals surface area contributed by atoms with Crippen LogP contribution in [0.4, 0.5) is 0 Å². The molecule has 1 aliphatic heterocycles. The molecule has 17 heavy (non-hydrogen) atoms. The highest BCUT2D eigenvalue weighted by atomic mass is 16.7. The van der Waals surface area contributed by atoms with Crippen molar-refractivity contribution in [1.82, 2.24) is 0 Å². The van der Waals surface area contributed by atoms with E-state index in [1.54, 1.807) is 0 Å². The molecule has 5 aliphatic rings. The average molecular weight is 235 g/mol. The van der Waals surface area contributed by atoms with Gasteiger partial charge in [0.15, 0.2) is 0 Å². The van der Waals surface area contributed by atoms with Gasteiger partial charge in [0.1, 0.15) is 0 Å². The number of hydrogen-bond donors (Lipinski definition) is 1. The predicted molar refractivity (Wildman–Crippen MR) is 64.4 cm³/mol. The fraction of sp³-hybridized carbons (Fsp3) is 0.929. The molecular formula is C14H21NO2. The van der Waals surface area contributed by atoms with Gasteiger partial charge in [-0.3, -0.25) is 0 Å². The van der Waals surface area contributed by atoms with Crippen LogP contribution in [0.2, 0.25) is 0 Å². The summed E-state index contributed by atoms with van der Waals surface area (Å²) in [7, 11) is 0. The van der Waals surface area contributed by atoms with Gasteiger partial charge in [-0.15, -0.1) is 0 Å². The van der Waals surface area contributed by atoms with Crippen molar-refractivity contribution in [2.75, 3.05) is 0 Å². The van der Waals surface area contributed by atoms with Gasteiger partial charge >= 0.3 is 0 Å². The normalized spacial score (nSPS) is 51.5. The molecular weight excluding hydrogens is 214 g/mol. The fourth-order valence-electron chi connectivity index (χ4n) is 5.46. The zero-order valence-electron chi connectivity index (χ0n) is 10.3. The predicted octanol–water partition coefficient (Wildman–Crippen LogP) is 2.69. The molecule has 0 aromatic heterocycles. The van der Waals surface area contributed by atoms with Crippen LogP contribution in [0, 0.1) is 23.2 Å². The quantitative estimate of drug-likeness (QED) is 0.799. The van der Waals surface area contributed by atoms with Crippen LogP contribution >= 0.6 is 0 Å². The second kappa shape index (κ2) is 3.47. The second-order valence-corrected chi connectivity index (χ2v) is 7.02. The number of oxime groups is 1. The molecule has 4 aliphatic carbocycles. The van der Waals surface area contributed by atoms with Crippen molar-refractivity contribution in [1.29, 1.82) is 0 Å². The lowest BCUT2D eigenvalue weighted by Gasteiger charge is -2.57. The summed E-state index contributed by atoms with van der Waals surface area (Å²) in [5.41, 5.74) is 1.64. The van der Waals surface area contributed by atoms with Gasteiger partial charge in [0.2, 0.25) is 6.29 Å². The highest BCUT2D eigenvalue weighted by molar-refractivity contribution is 5.85. The van der Waals surface area contributed by atoms with Crippen LogP contribution in [0.1, 0.15) is 51.4 Å². The molecule has 0 spiro atoms. The van der Waals surface area contributed by atoms with Gasteiger partial charge in [-0.2, -0.15) is 0 Å². The molecule has 1 N–H and O–H groups in total. The van der Waals surface area contributed by atoms with Gasteiger partial charge in [0, 0.05) is 0 Å². The van der Waals surface area contributed by atoms with E-state index in [1.165, 1.54) is 38.5 Å². The molecule has 4 saturated carbocycles. The number of nitrogens with zero attached hydrogens (tertiary/aromatic N) is 1. The summed E-state index contributed by atoms with van der Waals surface area (Å²) < 4.78 is 0. The van der Waals surface area contributed by atoms with Gasteiger partial charge in [0.05, 0.1) is 12.1 Å². The van der Waals surface area contributed by atoms with Gasteiger partial charge in [-0.1, -0.05) is 5.16 Å². The van der Waals surface area contributed by atoms with Crippen LogP contribution in [0.25, 0.3) is 0 Å². The van der Waals surface area contributed by atoms with Gasteiger partial charge in [0.25, 0.3) is 0 Å². The Morgan fingerprint density at radius 2 is 1.71 bits per heavy atom. The Morgan fingerprint density at radius 1 is 1.12 bits per heavy atom. The Labute approximate surface area is 102 Å². The minimum Gasteiger partial charge on any atom is -0.364 e. The molecule has 3 nitrogen and oxygen atoms in total. The lowest BCUT2D eigenvalue weighted by atomic mass is 9.48. The van der Waals surface area contributed by atoms with Crippen molar-refractivity contribution in [3.8, 4) is 0 Å². The lowest BCUT2D eigenvalue weighted by molar-refractivity contribution is -0.0762. The number of rotatable bonds is 2. The summed E-state index contributed by atoms with van der Waals surface area (Å²) in [6, 6.07) is 0. The minimum atomic E-state index is -0.668. The summed E-state index contributed by atoms with van der Waals surface area (Å²) in [4.78, 5) is 4.92. The molecule has 0 aromatic carbocycles. The van der Waals surface area contributed by atoms with E-state index in [4.69, 9.17) is 4.84 Å². The molecule has 0 amide bonds. The molecule has 0 radical (unpaired) electrons. The Kier molecular flexibility index (Phi) is 2.11.